The van der Waals surface area contributed by atoms with Crippen LogP contribution in [0.15, 0.2) is 48.5 Å². The minimum Gasteiger partial charge on any atom is -0.497 e. The van der Waals surface area contributed by atoms with Crippen LogP contribution in [0, 0.1) is 3.57 Å². The third-order valence-corrected chi connectivity index (χ3v) is 3.89. The van der Waals surface area contributed by atoms with Gasteiger partial charge in [-0.05, 0) is 64.4 Å². The molecule has 0 fully saturated rings. The van der Waals surface area contributed by atoms with Crippen LogP contribution in [0.1, 0.15) is 17.5 Å². The van der Waals surface area contributed by atoms with E-state index >= 15 is 0 Å². The molecule has 0 radical (unpaired) electrons. The van der Waals surface area contributed by atoms with Crippen molar-refractivity contribution in [2.45, 2.75) is 19.3 Å². The lowest BCUT2D eigenvalue weighted by Gasteiger charge is -2.04. The fraction of sp³-hybridized carbons (Fsp3) is 0.235. The minimum absolute atomic E-state index is 0.280. The molecule has 2 aromatic rings. The van der Waals surface area contributed by atoms with Crippen LogP contribution < -0.4 is 4.74 Å². The Morgan fingerprint density at radius 3 is 2.20 bits per heavy atom. The van der Waals surface area contributed by atoms with Crippen molar-refractivity contribution in [3.8, 4) is 5.75 Å². The summed E-state index contributed by atoms with van der Waals surface area (Å²) >= 11 is 2.27. The Hall–Kier alpha value is -1.36. The molecule has 2 aromatic carbocycles. The molecular formula is C17H17IO2. The topological polar surface area (TPSA) is 26.3 Å². The molecule has 0 N–H and O–H groups in total. The lowest BCUT2D eigenvalue weighted by atomic mass is 10.0. The number of rotatable bonds is 6. The number of benzene rings is 2. The van der Waals surface area contributed by atoms with E-state index in [2.05, 4.69) is 22.6 Å². The van der Waals surface area contributed by atoms with Gasteiger partial charge in [0.2, 0.25) is 0 Å². The number of Topliss-reactive ketones (excluding diaryl/α,β-unsaturated/α-hetero) is 1. The average Bonchev–Trinajstić information content (AvgIpc) is 2.48. The summed E-state index contributed by atoms with van der Waals surface area (Å²) in [4.78, 5) is 12.0. The van der Waals surface area contributed by atoms with Gasteiger partial charge < -0.3 is 4.74 Å². The standard InChI is InChI=1S/C17H17IO2/c1-20-17-10-5-13(6-11-17)4-9-16(19)12-14-2-7-15(18)8-3-14/h2-3,5-8,10-11H,4,9,12H2,1H3. The average molecular weight is 380 g/mol. The first kappa shape index (κ1) is 15.0. The summed E-state index contributed by atoms with van der Waals surface area (Å²) in [7, 11) is 1.65. The van der Waals surface area contributed by atoms with Gasteiger partial charge in [-0.25, -0.2) is 0 Å². The SMILES string of the molecule is COc1ccc(CCC(=O)Cc2ccc(I)cc2)cc1. The fourth-order valence-corrected chi connectivity index (χ4v) is 2.35. The molecule has 3 heteroatoms. The first-order valence-corrected chi connectivity index (χ1v) is 7.64. The van der Waals surface area contributed by atoms with Crippen molar-refractivity contribution in [2.24, 2.45) is 0 Å². The molecule has 0 saturated carbocycles. The van der Waals surface area contributed by atoms with Crippen molar-refractivity contribution < 1.29 is 9.53 Å². The monoisotopic (exact) mass is 380 g/mol. The van der Waals surface area contributed by atoms with Crippen molar-refractivity contribution in [3.05, 3.63) is 63.2 Å². The van der Waals surface area contributed by atoms with Crippen LogP contribution in [-0.2, 0) is 17.6 Å². The van der Waals surface area contributed by atoms with Gasteiger partial charge in [0.05, 0.1) is 7.11 Å². The molecule has 0 aliphatic heterocycles. The maximum atomic E-state index is 12.0. The number of hydrogen-bond acceptors (Lipinski definition) is 2. The molecule has 0 spiro atoms. The smallest absolute Gasteiger partial charge is 0.137 e. The Bertz CT molecular complexity index is 559. The summed E-state index contributed by atoms with van der Waals surface area (Å²) in [5, 5.41) is 0. The second kappa shape index (κ2) is 7.43. The largest absolute Gasteiger partial charge is 0.497 e. The molecule has 0 bridgehead atoms. The van der Waals surface area contributed by atoms with Crippen molar-refractivity contribution in [1.29, 1.82) is 0 Å². The van der Waals surface area contributed by atoms with Crippen LogP contribution in [0.3, 0.4) is 0 Å². The molecule has 2 rings (SSSR count). The van der Waals surface area contributed by atoms with E-state index in [4.69, 9.17) is 4.74 Å². The summed E-state index contributed by atoms with van der Waals surface area (Å²) in [5.74, 6) is 1.13. The summed E-state index contributed by atoms with van der Waals surface area (Å²) in [5.41, 5.74) is 2.26. The summed E-state index contributed by atoms with van der Waals surface area (Å²) in [6, 6.07) is 16.0. The van der Waals surface area contributed by atoms with E-state index in [1.165, 1.54) is 9.13 Å². The molecule has 0 amide bonds. The van der Waals surface area contributed by atoms with E-state index in [1.807, 2.05) is 48.5 Å². The van der Waals surface area contributed by atoms with Crippen LogP contribution in [0.25, 0.3) is 0 Å². The van der Waals surface area contributed by atoms with Gasteiger partial charge in [0.15, 0.2) is 0 Å². The van der Waals surface area contributed by atoms with Crippen LogP contribution in [0.2, 0.25) is 0 Å². The van der Waals surface area contributed by atoms with E-state index in [0.717, 1.165) is 17.7 Å². The van der Waals surface area contributed by atoms with Gasteiger partial charge in [0.25, 0.3) is 0 Å². The Morgan fingerprint density at radius 1 is 1.00 bits per heavy atom. The number of carbonyl (C=O) groups excluding carboxylic acids is 1. The first-order valence-electron chi connectivity index (χ1n) is 6.56. The molecule has 2 nitrogen and oxygen atoms in total. The Morgan fingerprint density at radius 2 is 1.60 bits per heavy atom. The number of carbonyl (C=O) groups is 1. The first-order chi connectivity index (χ1) is 9.67. The molecule has 104 valence electrons. The third kappa shape index (κ3) is 4.63. The summed E-state index contributed by atoms with van der Waals surface area (Å²) in [6.07, 6.45) is 1.89. The maximum Gasteiger partial charge on any atom is 0.137 e. The fourth-order valence-electron chi connectivity index (χ4n) is 1.99. The third-order valence-electron chi connectivity index (χ3n) is 3.17. The predicted molar refractivity (Wildman–Crippen MR) is 89.2 cm³/mol. The molecular weight excluding hydrogens is 363 g/mol. The van der Waals surface area contributed by atoms with Gasteiger partial charge in [0, 0.05) is 16.4 Å². The highest BCUT2D eigenvalue weighted by Crippen LogP contribution is 2.13. The Balaban J connectivity index is 1.83. The lowest BCUT2D eigenvalue weighted by Crippen LogP contribution is -2.04. The van der Waals surface area contributed by atoms with Gasteiger partial charge in [-0.15, -0.1) is 0 Å². The quantitative estimate of drug-likeness (QED) is 0.707. The van der Waals surface area contributed by atoms with Crippen molar-refractivity contribution >= 4 is 28.4 Å². The van der Waals surface area contributed by atoms with E-state index in [9.17, 15) is 4.79 Å². The second-order valence-electron chi connectivity index (χ2n) is 4.69. The highest BCUT2D eigenvalue weighted by atomic mass is 127. The van der Waals surface area contributed by atoms with Gasteiger partial charge >= 0.3 is 0 Å². The molecule has 0 aromatic heterocycles. The number of aryl methyl sites for hydroxylation is 1. The molecule has 0 aliphatic rings. The van der Waals surface area contributed by atoms with Crippen LogP contribution in [0.5, 0.6) is 5.75 Å². The molecule has 0 saturated heterocycles. The number of ketones is 1. The van der Waals surface area contributed by atoms with Crippen molar-refractivity contribution in [3.63, 3.8) is 0 Å². The molecule has 0 aliphatic carbocycles. The molecule has 0 unspecified atom stereocenters. The highest BCUT2D eigenvalue weighted by Gasteiger charge is 2.05. The molecule has 0 atom stereocenters. The van der Waals surface area contributed by atoms with E-state index in [-0.39, 0.29) is 5.78 Å². The number of ether oxygens (including phenoxy) is 1. The summed E-state index contributed by atoms with van der Waals surface area (Å²) in [6.45, 7) is 0. The highest BCUT2D eigenvalue weighted by molar-refractivity contribution is 14.1. The number of hydrogen-bond donors (Lipinski definition) is 0. The zero-order chi connectivity index (χ0) is 14.4. The lowest BCUT2D eigenvalue weighted by molar-refractivity contribution is -0.118. The zero-order valence-corrected chi connectivity index (χ0v) is 13.6. The van der Waals surface area contributed by atoms with Gasteiger partial charge in [-0.3, -0.25) is 4.79 Å². The van der Waals surface area contributed by atoms with Crippen LogP contribution in [0.4, 0.5) is 0 Å². The van der Waals surface area contributed by atoms with Gasteiger partial charge in [0.1, 0.15) is 11.5 Å². The van der Waals surface area contributed by atoms with Gasteiger partial charge in [-0.2, -0.15) is 0 Å². The molecule has 0 heterocycles. The second-order valence-corrected chi connectivity index (χ2v) is 5.94. The van der Waals surface area contributed by atoms with E-state index in [1.54, 1.807) is 7.11 Å². The Kier molecular flexibility index (Phi) is 5.59. The zero-order valence-electron chi connectivity index (χ0n) is 11.4. The van der Waals surface area contributed by atoms with Crippen LogP contribution in [-0.4, -0.2) is 12.9 Å². The normalized spacial score (nSPS) is 10.3. The van der Waals surface area contributed by atoms with E-state index < -0.39 is 0 Å². The number of halogens is 1. The van der Waals surface area contributed by atoms with E-state index in [0.29, 0.717) is 12.8 Å². The minimum atomic E-state index is 0.280. The van der Waals surface area contributed by atoms with Gasteiger partial charge in [-0.1, -0.05) is 24.3 Å². The van der Waals surface area contributed by atoms with Crippen molar-refractivity contribution in [1.82, 2.24) is 0 Å². The van der Waals surface area contributed by atoms with Crippen LogP contribution >= 0.6 is 22.6 Å². The summed E-state index contributed by atoms with van der Waals surface area (Å²) < 4.78 is 6.31. The number of methoxy groups -OCH3 is 1. The predicted octanol–water partition coefficient (Wildman–Crippen LogP) is 4.04. The molecule has 20 heavy (non-hydrogen) atoms. The Labute approximate surface area is 133 Å². The maximum absolute atomic E-state index is 12.0. The van der Waals surface area contributed by atoms with Crippen molar-refractivity contribution in [2.75, 3.05) is 7.11 Å².